The Balaban J connectivity index is 2.80. The minimum absolute atomic E-state index is 0.976. The van der Waals surface area contributed by atoms with Crippen LogP contribution in [-0.2, 0) is 13.5 Å². The molecule has 0 N–H and O–H groups in total. The fraction of sp³-hybridized carbons (Fsp3) is 0.417. The summed E-state index contributed by atoms with van der Waals surface area (Å²) in [5, 5.41) is 5.62. The summed E-state index contributed by atoms with van der Waals surface area (Å²) in [5.41, 5.74) is 3.41. The van der Waals surface area contributed by atoms with Gasteiger partial charge in [-0.15, -0.1) is 0 Å². The Morgan fingerprint density at radius 1 is 1.47 bits per heavy atom. The second-order valence-electron chi connectivity index (χ2n) is 3.79. The molecule has 0 aliphatic rings. The van der Waals surface area contributed by atoms with Crippen LogP contribution in [0.5, 0.6) is 5.75 Å². The number of fused-ring (bicyclic) bond motifs is 1. The Bertz CT molecular complexity index is 500. The number of nitrogens with zero attached hydrogens (tertiary/aromatic N) is 2. The summed E-state index contributed by atoms with van der Waals surface area (Å²) in [7, 11) is 3.66. The second-order valence-corrected chi connectivity index (χ2v) is 3.79. The molecule has 0 radical (unpaired) electrons. The van der Waals surface area contributed by atoms with Gasteiger partial charge in [0, 0.05) is 24.2 Å². The number of rotatable bonds is 2. The van der Waals surface area contributed by atoms with E-state index in [1.165, 1.54) is 10.9 Å². The van der Waals surface area contributed by atoms with E-state index in [-0.39, 0.29) is 0 Å². The molecule has 0 aliphatic carbocycles. The lowest BCUT2D eigenvalue weighted by Gasteiger charge is -2.10. The van der Waals surface area contributed by atoms with Crippen molar-refractivity contribution in [3.63, 3.8) is 0 Å². The first kappa shape index (κ1) is 10.0. The van der Waals surface area contributed by atoms with E-state index in [9.17, 15) is 0 Å². The molecule has 1 heterocycles. The Morgan fingerprint density at radius 2 is 2.20 bits per heavy atom. The molecule has 0 saturated carbocycles. The lowest BCUT2D eigenvalue weighted by atomic mass is 10.0. The van der Waals surface area contributed by atoms with Gasteiger partial charge in [-0.05, 0) is 25.0 Å². The topological polar surface area (TPSA) is 27.1 Å². The summed E-state index contributed by atoms with van der Waals surface area (Å²) in [6, 6.07) is 2.16. The fourth-order valence-corrected chi connectivity index (χ4v) is 2.05. The average Bonchev–Trinajstić information content (AvgIpc) is 2.59. The monoisotopic (exact) mass is 204 g/mol. The molecule has 0 fully saturated rings. The first-order valence-corrected chi connectivity index (χ1v) is 5.17. The minimum atomic E-state index is 0.976. The van der Waals surface area contributed by atoms with Crippen molar-refractivity contribution >= 4 is 10.9 Å². The molecule has 0 atom stereocenters. The van der Waals surface area contributed by atoms with Gasteiger partial charge in [0.15, 0.2) is 0 Å². The molecule has 0 aliphatic heterocycles. The first-order valence-electron chi connectivity index (χ1n) is 5.17. The molecule has 0 saturated heterocycles. The third-order valence-electron chi connectivity index (χ3n) is 2.76. The van der Waals surface area contributed by atoms with E-state index in [1.807, 2.05) is 17.9 Å². The van der Waals surface area contributed by atoms with E-state index in [1.54, 1.807) is 7.11 Å². The van der Waals surface area contributed by atoms with Gasteiger partial charge in [0.1, 0.15) is 5.75 Å². The predicted molar refractivity (Wildman–Crippen MR) is 61.4 cm³/mol. The van der Waals surface area contributed by atoms with Gasteiger partial charge in [0.25, 0.3) is 0 Å². The van der Waals surface area contributed by atoms with Crippen molar-refractivity contribution in [3.8, 4) is 5.75 Å². The lowest BCUT2D eigenvalue weighted by molar-refractivity contribution is 0.407. The van der Waals surface area contributed by atoms with Gasteiger partial charge in [-0.2, -0.15) is 5.10 Å². The zero-order valence-corrected chi connectivity index (χ0v) is 9.66. The van der Waals surface area contributed by atoms with Crippen molar-refractivity contribution in [3.05, 3.63) is 23.4 Å². The Labute approximate surface area is 89.7 Å². The van der Waals surface area contributed by atoms with Crippen molar-refractivity contribution in [1.29, 1.82) is 0 Å². The highest BCUT2D eigenvalue weighted by Gasteiger charge is 2.11. The molecule has 3 heteroatoms. The summed E-state index contributed by atoms with van der Waals surface area (Å²) in [6.07, 6.45) is 3.02. The molecule has 0 spiro atoms. The van der Waals surface area contributed by atoms with Crippen LogP contribution in [0.25, 0.3) is 10.9 Å². The van der Waals surface area contributed by atoms with Crippen LogP contribution in [0, 0.1) is 6.92 Å². The van der Waals surface area contributed by atoms with Crippen LogP contribution in [0.3, 0.4) is 0 Å². The number of hydrogen-bond acceptors (Lipinski definition) is 2. The second kappa shape index (κ2) is 3.57. The van der Waals surface area contributed by atoms with E-state index in [2.05, 4.69) is 25.0 Å². The van der Waals surface area contributed by atoms with Gasteiger partial charge in [0.2, 0.25) is 0 Å². The number of aromatic nitrogens is 2. The normalized spacial score (nSPS) is 10.9. The summed E-state index contributed by atoms with van der Waals surface area (Å²) in [4.78, 5) is 0. The molecule has 0 unspecified atom stereocenters. The fourth-order valence-electron chi connectivity index (χ4n) is 2.05. The van der Waals surface area contributed by atoms with Crippen molar-refractivity contribution in [2.24, 2.45) is 7.05 Å². The number of ether oxygens (including phenoxy) is 1. The van der Waals surface area contributed by atoms with Crippen LogP contribution in [0.1, 0.15) is 18.1 Å². The standard InChI is InChI=1S/C12H16N2O/c1-5-9-6-10-7-14(3)13-11(10)8(2)12(9)15-4/h6-7H,5H2,1-4H3. The molecule has 2 rings (SSSR count). The van der Waals surface area contributed by atoms with Crippen LogP contribution in [0.2, 0.25) is 0 Å². The van der Waals surface area contributed by atoms with Gasteiger partial charge in [-0.1, -0.05) is 6.92 Å². The number of methoxy groups -OCH3 is 1. The number of aryl methyl sites for hydroxylation is 3. The maximum absolute atomic E-state index is 5.44. The van der Waals surface area contributed by atoms with Crippen LogP contribution in [0.15, 0.2) is 12.3 Å². The molecule has 1 aromatic carbocycles. The van der Waals surface area contributed by atoms with Crippen LogP contribution in [0.4, 0.5) is 0 Å². The lowest BCUT2D eigenvalue weighted by Crippen LogP contribution is -1.94. The molecule has 0 amide bonds. The molecule has 0 bridgehead atoms. The zero-order chi connectivity index (χ0) is 11.0. The highest BCUT2D eigenvalue weighted by Crippen LogP contribution is 2.30. The molecule has 80 valence electrons. The number of benzene rings is 1. The van der Waals surface area contributed by atoms with Gasteiger partial charge in [-0.3, -0.25) is 4.68 Å². The zero-order valence-electron chi connectivity index (χ0n) is 9.66. The van der Waals surface area contributed by atoms with Gasteiger partial charge in [0.05, 0.1) is 12.6 Å². The Kier molecular flexibility index (Phi) is 2.39. The first-order chi connectivity index (χ1) is 7.17. The Morgan fingerprint density at radius 3 is 2.80 bits per heavy atom. The molecular weight excluding hydrogens is 188 g/mol. The highest BCUT2D eigenvalue weighted by molar-refractivity contribution is 5.85. The third kappa shape index (κ3) is 1.48. The molecule has 1 aromatic heterocycles. The SMILES string of the molecule is CCc1cc2cn(C)nc2c(C)c1OC. The van der Waals surface area contributed by atoms with Crippen LogP contribution in [-0.4, -0.2) is 16.9 Å². The van der Waals surface area contributed by atoms with Crippen molar-refractivity contribution in [2.75, 3.05) is 7.11 Å². The molecule has 2 aromatic rings. The molecular formula is C12H16N2O. The van der Waals surface area contributed by atoms with Gasteiger partial charge in [-0.25, -0.2) is 0 Å². The van der Waals surface area contributed by atoms with E-state index in [0.29, 0.717) is 0 Å². The van der Waals surface area contributed by atoms with Gasteiger partial charge >= 0.3 is 0 Å². The summed E-state index contributed by atoms with van der Waals surface area (Å²) in [6.45, 7) is 4.20. The quantitative estimate of drug-likeness (QED) is 0.751. The van der Waals surface area contributed by atoms with Crippen LogP contribution >= 0.6 is 0 Å². The number of hydrogen-bond donors (Lipinski definition) is 0. The molecule has 3 nitrogen and oxygen atoms in total. The highest BCUT2D eigenvalue weighted by atomic mass is 16.5. The Hall–Kier alpha value is -1.51. The minimum Gasteiger partial charge on any atom is -0.496 e. The van der Waals surface area contributed by atoms with E-state index in [0.717, 1.165) is 23.3 Å². The van der Waals surface area contributed by atoms with Gasteiger partial charge < -0.3 is 4.74 Å². The smallest absolute Gasteiger partial charge is 0.127 e. The predicted octanol–water partition coefficient (Wildman–Crippen LogP) is 2.45. The summed E-state index contributed by atoms with van der Waals surface area (Å²) < 4.78 is 7.28. The van der Waals surface area contributed by atoms with E-state index < -0.39 is 0 Å². The largest absolute Gasteiger partial charge is 0.496 e. The average molecular weight is 204 g/mol. The summed E-state index contributed by atoms with van der Waals surface area (Å²) >= 11 is 0. The van der Waals surface area contributed by atoms with E-state index in [4.69, 9.17) is 4.74 Å². The van der Waals surface area contributed by atoms with Crippen LogP contribution < -0.4 is 4.74 Å². The van der Waals surface area contributed by atoms with Crippen molar-refractivity contribution in [2.45, 2.75) is 20.3 Å². The maximum Gasteiger partial charge on any atom is 0.127 e. The van der Waals surface area contributed by atoms with Crippen molar-refractivity contribution in [1.82, 2.24) is 9.78 Å². The van der Waals surface area contributed by atoms with E-state index >= 15 is 0 Å². The molecule has 15 heavy (non-hydrogen) atoms. The maximum atomic E-state index is 5.44. The van der Waals surface area contributed by atoms with Crippen molar-refractivity contribution < 1.29 is 4.74 Å². The third-order valence-corrected chi connectivity index (χ3v) is 2.76. The summed E-state index contributed by atoms with van der Waals surface area (Å²) in [5.74, 6) is 0.976.